The Kier molecular flexibility index (Phi) is 9.68. The van der Waals surface area contributed by atoms with Crippen LogP contribution in [0.2, 0.25) is 5.02 Å². The van der Waals surface area contributed by atoms with Gasteiger partial charge in [0.05, 0.1) is 28.2 Å². The summed E-state index contributed by atoms with van der Waals surface area (Å²) in [4.78, 5) is 44.2. The van der Waals surface area contributed by atoms with Gasteiger partial charge in [0.15, 0.2) is 17.3 Å². The Balaban J connectivity index is 1.28. The summed E-state index contributed by atoms with van der Waals surface area (Å²) in [6.45, 7) is 7.58. The first-order valence-electron chi connectivity index (χ1n) is 16.0. The minimum atomic E-state index is -1.03. The van der Waals surface area contributed by atoms with E-state index in [9.17, 15) is 23.2 Å². The van der Waals surface area contributed by atoms with Gasteiger partial charge in [0.2, 0.25) is 0 Å². The predicted molar refractivity (Wildman–Crippen MR) is 184 cm³/mol. The van der Waals surface area contributed by atoms with Gasteiger partial charge < -0.3 is 20.7 Å². The minimum absolute atomic E-state index is 0.00570. The number of rotatable bonds is 9. The van der Waals surface area contributed by atoms with Gasteiger partial charge in [-0.05, 0) is 99.2 Å². The zero-order valence-corrected chi connectivity index (χ0v) is 28.6. The molecule has 0 radical (unpaired) electrons. The molecule has 10 nitrogen and oxygen atoms in total. The SMILES string of the molecule is Cc1c(C(=O)OC(C)(C)C)ccc2c1CCC2NCc1cc(C(=O)NCc2ccc(F)c(F)c2)nc2c(C(=O)Nc3ccccc3Cl)cnn12. The number of para-hydroxylation sites is 1. The Bertz CT molecular complexity index is 2140. The first-order valence-corrected chi connectivity index (χ1v) is 16.4. The third-order valence-corrected chi connectivity index (χ3v) is 8.75. The second kappa shape index (κ2) is 14.0. The van der Waals surface area contributed by atoms with Gasteiger partial charge in [-0.15, -0.1) is 0 Å². The molecule has 6 rings (SSSR count). The number of esters is 1. The highest BCUT2D eigenvalue weighted by molar-refractivity contribution is 6.34. The van der Waals surface area contributed by atoms with Gasteiger partial charge in [0, 0.05) is 19.1 Å². The van der Waals surface area contributed by atoms with Crippen LogP contribution in [-0.4, -0.2) is 38.0 Å². The van der Waals surface area contributed by atoms with E-state index in [4.69, 9.17) is 16.3 Å². The summed E-state index contributed by atoms with van der Waals surface area (Å²) in [5.74, 6) is -3.50. The summed E-state index contributed by atoms with van der Waals surface area (Å²) in [5.41, 5.74) is 4.48. The van der Waals surface area contributed by atoms with E-state index in [1.54, 1.807) is 36.4 Å². The van der Waals surface area contributed by atoms with Crippen LogP contribution in [0.3, 0.4) is 0 Å². The zero-order valence-electron chi connectivity index (χ0n) is 27.9. The third-order valence-electron chi connectivity index (χ3n) is 8.42. The van der Waals surface area contributed by atoms with Crippen molar-refractivity contribution in [2.45, 2.75) is 65.3 Å². The van der Waals surface area contributed by atoms with Crippen LogP contribution < -0.4 is 16.0 Å². The first-order chi connectivity index (χ1) is 23.8. The van der Waals surface area contributed by atoms with Gasteiger partial charge in [0.25, 0.3) is 11.8 Å². The highest BCUT2D eigenvalue weighted by Gasteiger charge is 2.28. The van der Waals surface area contributed by atoms with Crippen LogP contribution in [0.15, 0.2) is 66.9 Å². The predicted octanol–water partition coefficient (Wildman–Crippen LogP) is 6.88. The standard InChI is InChI=1S/C37H35ClF2N6O4/c1-20-23-12-14-30(25(23)11-10-24(20)36(49)50-37(2,3)4)41-18-22-16-32(35(48)42-17-21-9-13-28(39)29(40)15-21)44-33-26(19-43-46(22)33)34(47)45-31-8-6-5-7-27(31)38/h5-11,13,15-16,19,30,41H,12,14,17-18H2,1-4H3,(H,42,48)(H,45,47). The van der Waals surface area contributed by atoms with E-state index in [0.29, 0.717) is 27.5 Å². The first kappa shape index (κ1) is 34.7. The topological polar surface area (TPSA) is 127 Å². The van der Waals surface area contributed by atoms with Crippen LogP contribution >= 0.6 is 11.6 Å². The number of hydrogen-bond acceptors (Lipinski definition) is 7. The molecule has 1 atom stereocenters. The number of hydrogen-bond donors (Lipinski definition) is 3. The second-order valence-corrected chi connectivity index (χ2v) is 13.5. The van der Waals surface area contributed by atoms with Crippen LogP contribution in [-0.2, 0) is 24.2 Å². The minimum Gasteiger partial charge on any atom is -0.456 e. The lowest BCUT2D eigenvalue weighted by atomic mass is 9.97. The van der Waals surface area contributed by atoms with Crippen molar-refractivity contribution in [3.05, 3.63) is 128 Å². The van der Waals surface area contributed by atoms with E-state index in [0.717, 1.165) is 41.7 Å². The Labute approximate surface area is 292 Å². The van der Waals surface area contributed by atoms with E-state index in [1.807, 2.05) is 33.8 Å². The Morgan fingerprint density at radius 1 is 0.980 bits per heavy atom. The summed E-state index contributed by atoms with van der Waals surface area (Å²) in [5, 5.41) is 13.8. The summed E-state index contributed by atoms with van der Waals surface area (Å²) in [7, 11) is 0. The molecule has 0 saturated heterocycles. The molecule has 1 unspecified atom stereocenters. The van der Waals surface area contributed by atoms with Crippen molar-refractivity contribution in [1.29, 1.82) is 0 Å². The van der Waals surface area contributed by atoms with Gasteiger partial charge in [-0.2, -0.15) is 5.10 Å². The molecule has 50 heavy (non-hydrogen) atoms. The van der Waals surface area contributed by atoms with Crippen molar-refractivity contribution < 1.29 is 27.9 Å². The monoisotopic (exact) mass is 700 g/mol. The van der Waals surface area contributed by atoms with Gasteiger partial charge in [-0.1, -0.05) is 35.9 Å². The number of carbonyl (C=O) groups excluding carboxylic acids is 3. The van der Waals surface area contributed by atoms with Gasteiger partial charge in [-0.25, -0.2) is 23.1 Å². The Morgan fingerprint density at radius 3 is 2.50 bits per heavy atom. The number of benzene rings is 3. The lowest BCUT2D eigenvalue weighted by molar-refractivity contribution is 0.00683. The van der Waals surface area contributed by atoms with Crippen LogP contribution in [0.5, 0.6) is 0 Å². The maximum Gasteiger partial charge on any atom is 0.338 e. The van der Waals surface area contributed by atoms with E-state index in [1.165, 1.54) is 16.8 Å². The van der Waals surface area contributed by atoms with Crippen LogP contribution in [0.25, 0.3) is 5.65 Å². The molecule has 258 valence electrons. The maximum absolute atomic E-state index is 13.8. The van der Waals surface area contributed by atoms with Gasteiger partial charge >= 0.3 is 5.97 Å². The van der Waals surface area contributed by atoms with Crippen LogP contribution in [0, 0.1) is 18.6 Å². The average Bonchev–Trinajstić information content (AvgIpc) is 3.69. The molecule has 2 aromatic heterocycles. The van der Waals surface area contributed by atoms with E-state index in [-0.39, 0.29) is 42.0 Å². The van der Waals surface area contributed by atoms with Crippen LogP contribution in [0.1, 0.15) is 92.4 Å². The smallest absolute Gasteiger partial charge is 0.338 e. The summed E-state index contributed by atoms with van der Waals surface area (Å²) in [6, 6.07) is 15.4. The molecule has 3 aromatic carbocycles. The Hall–Kier alpha value is -5.20. The number of nitrogens with zero attached hydrogens (tertiary/aromatic N) is 3. The second-order valence-electron chi connectivity index (χ2n) is 13.1. The molecule has 0 spiro atoms. The highest BCUT2D eigenvalue weighted by Crippen LogP contribution is 2.35. The number of aromatic nitrogens is 3. The molecule has 13 heteroatoms. The summed E-state index contributed by atoms with van der Waals surface area (Å²) in [6.07, 6.45) is 2.90. The molecule has 1 aliphatic rings. The number of anilines is 1. The fraction of sp³-hybridized carbons (Fsp3) is 0.270. The quantitative estimate of drug-likeness (QED) is 0.143. The third kappa shape index (κ3) is 7.36. The number of amides is 2. The molecule has 2 heterocycles. The average molecular weight is 701 g/mol. The van der Waals surface area contributed by atoms with E-state index < -0.39 is 29.0 Å². The lowest BCUT2D eigenvalue weighted by Gasteiger charge is -2.21. The molecule has 0 saturated carbocycles. The summed E-state index contributed by atoms with van der Waals surface area (Å²) < 4.78 is 34.3. The molecular formula is C37H35ClF2N6O4. The fourth-order valence-corrected chi connectivity index (χ4v) is 6.16. The number of carbonyl (C=O) groups is 3. The maximum atomic E-state index is 13.8. The molecule has 0 bridgehead atoms. The molecule has 5 aromatic rings. The lowest BCUT2D eigenvalue weighted by Crippen LogP contribution is -2.26. The Morgan fingerprint density at radius 2 is 1.76 bits per heavy atom. The van der Waals surface area contributed by atoms with Gasteiger partial charge in [-0.3, -0.25) is 9.59 Å². The van der Waals surface area contributed by atoms with Crippen molar-refractivity contribution in [2.24, 2.45) is 0 Å². The molecule has 1 aliphatic carbocycles. The van der Waals surface area contributed by atoms with Crippen molar-refractivity contribution in [3.63, 3.8) is 0 Å². The van der Waals surface area contributed by atoms with E-state index in [2.05, 4.69) is 26.0 Å². The summed E-state index contributed by atoms with van der Waals surface area (Å²) >= 11 is 6.26. The number of nitrogens with one attached hydrogen (secondary N) is 3. The highest BCUT2D eigenvalue weighted by atomic mass is 35.5. The molecule has 0 fully saturated rings. The molecule has 3 N–H and O–H groups in total. The zero-order chi connectivity index (χ0) is 35.7. The number of fused-ring (bicyclic) bond motifs is 2. The van der Waals surface area contributed by atoms with E-state index >= 15 is 0 Å². The molecule has 0 aliphatic heterocycles. The molecule has 2 amide bonds. The van der Waals surface area contributed by atoms with Crippen molar-refractivity contribution in [1.82, 2.24) is 25.2 Å². The van der Waals surface area contributed by atoms with Crippen LogP contribution in [0.4, 0.5) is 14.5 Å². The molecular weight excluding hydrogens is 666 g/mol. The van der Waals surface area contributed by atoms with Crippen molar-refractivity contribution >= 4 is 40.7 Å². The normalized spacial score (nSPS) is 14.0. The largest absolute Gasteiger partial charge is 0.456 e. The number of halogens is 3. The van der Waals surface area contributed by atoms with Crippen molar-refractivity contribution in [2.75, 3.05) is 5.32 Å². The van der Waals surface area contributed by atoms with Gasteiger partial charge in [0.1, 0.15) is 16.9 Å². The van der Waals surface area contributed by atoms with Crippen molar-refractivity contribution in [3.8, 4) is 0 Å². The fourth-order valence-electron chi connectivity index (χ4n) is 5.98. The number of ether oxygens (including phenoxy) is 1.